The van der Waals surface area contributed by atoms with Crippen molar-refractivity contribution in [1.82, 2.24) is 15.3 Å². The van der Waals surface area contributed by atoms with Gasteiger partial charge in [0.15, 0.2) is 0 Å². The maximum Gasteiger partial charge on any atom is 0.441 e. The van der Waals surface area contributed by atoms with E-state index in [2.05, 4.69) is 19.4 Å². The first-order chi connectivity index (χ1) is 15.4. The molecule has 0 spiro atoms. The summed E-state index contributed by atoms with van der Waals surface area (Å²) in [5.41, 5.74) is -3.88. The molecule has 2 rings (SSSR count). The van der Waals surface area contributed by atoms with Gasteiger partial charge in [-0.1, -0.05) is 6.92 Å². The third kappa shape index (κ3) is 6.31. The Hall–Kier alpha value is -3.42. The van der Waals surface area contributed by atoms with Crippen LogP contribution in [0, 0.1) is 0 Å². The van der Waals surface area contributed by atoms with Crippen LogP contribution >= 0.6 is 0 Å². The molecule has 0 aliphatic rings. The molecule has 1 atom stereocenters. The van der Waals surface area contributed by atoms with Gasteiger partial charge in [-0.3, -0.25) is 4.79 Å². The van der Waals surface area contributed by atoms with Crippen LogP contribution in [0.3, 0.4) is 0 Å². The molecule has 0 unspecified atom stereocenters. The highest BCUT2D eigenvalue weighted by molar-refractivity contribution is 7.92. The predicted octanol–water partition coefficient (Wildman–Crippen LogP) is 2.43. The number of esters is 1. The number of amides is 1. The van der Waals surface area contributed by atoms with Crippen LogP contribution in [-0.2, 0) is 24.3 Å². The molecule has 1 aromatic heterocycles. The highest BCUT2D eigenvalue weighted by Crippen LogP contribution is 2.33. The summed E-state index contributed by atoms with van der Waals surface area (Å²) >= 11 is 0. The van der Waals surface area contributed by atoms with Crippen molar-refractivity contribution in [2.24, 2.45) is 0 Å². The van der Waals surface area contributed by atoms with E-state index in [0.717, 1.165) is 24.3 Å². The lowest BCUT2D eigenvalue weighted by molar-refractivity contribution is -0.207. The summed E-state index contributed by atoms with van der Waals surface area (Å²) in [6.07, 6.45) is -2.68. The fourth-order valence-electron chi connectivity index (χ4n) is 2.59. The number of rotatable bonds is 10. The van der Waals surface area contributed by atoms with Gasteiger partial charge in [-0.25, -0.2) is 27.9 Å². The predicted molar refractivity (Wildman–Crippen MR) is 111 cm³/mol. The Bertz CT molecular complexity index is 1070. The van der Waals surface area contributed by atoms with Crippen LogP contribution in [0.15, 0.2) is 47.6 Å². The average Bonchev–Trinajstić information content (AvgIpc) is 2.73. The molecule has 1 amide bonds. The number of benzene rings is 1. The van der Waals surface area contributed by atoms with Crippen molar-refractivity contribution in [1.29, 1.82) is 0 Å². The lowest BCUT2D eigenvalue weighted by atomic mass is 10.1. The van der Waals surface area contributed by atoms with Gasteiger partial charge in [0.05, 0.1) is 11.5 Å². The van der Waals surface area contributed by atoms with E-state index in [-0.39, 0.29) is 36.0 Å². The number of nitrogens with zero attached hydrogens (tertiary/aromatic N) is 2. The lowest BCUT2D eigenvalue weighted by Gasteiger charge is -2.35. The number of hydrogen-bond donors (Lipinski definition) is 3. The molecule has 3 N–H and O–H groups in total. The summed E-state index contributed by atoms with van der Waals surface area (Å²) in [7, 11) is -4.14. The first-order valence-electron chi connectivity index (χ1n) is 9.68. The first-order valence-corrected chi connectivity index (χ1v) is 11.2. The van der Waals surface area contributed by atoms with Crippen molar-refractivity contribution in [3.63, 3.8) is 0 Å². The average molecular weight is 489 g/mol. The van der Waals surface area contributed by atoms with Crippen molar-refractivity contribution in [3.8, 4) is 0 Å². The van der Waals surface area contributed by atoms with Crippen LogP contribution in [0.1, 0.15) is 26.7 Å². The van der Waals surface area contributed by atoms with Crippen molar-refractivity contribution in [3.05, 3.63) is 42.7 Å². The van der Waals surface area contributed by atoms with Gasteiger partial charge in [-0.15, -0.1) is 0 Å². The number of nitrogens with one attached hydrogen (secondary N) is 3. The zero-order chi connectivity index (χ0) is 24.7. The van der Waals surface area contributed by atoms with E-state index in [1.165, 1.54) is 25.4 Å². The van der Waals surface area contributed by atoms with Crippen molar-refractivity contribution >= 4 is 33.5 Å². The summed E-state index contributed by atoms with van der Waals surface area (Å²) in [6.45, 7) is 2.53. The minimum Gasteiger partial charge on any atom is -0.463 e. The summed E-state index contributed by atoms with van der Waals surface area (Å²) in [5.74, 6) is -2.99. The van der Waals surface area contributed by atoms with Crippen molar-refractivity contribution in [2.75, 3.05) is 16.6 Å². The smallest absolute Gasteiger partial charge is 0.441 e. The molecular formula is C19H22F3N5O5S. The molecule has 0 fully saturated rings. The van der Waals surface area contributed by atoms with Crippen molar-refractivity contribution in [2.45, 2.75) is 43.4 Å². The SMILES string of the molecule is CCCC(=O)N[C@](Nc1ccc(S(=O)(=O)Nc2ncccn2)cc1)(C(=O)OCC)C(F)(F)F. The summed E-state index contributed by atoms with van der Waals surface area (Å²) < 4.78 is 73.7. The molecule has 33 heavy (non-hydrogen) atoms. The van der Waals surface area contributed by atoms with Crippen LogP contribution in [-0.4, -0.2) is 48.7 Å². The Morgan fingerprint density at radius 1 is 1.06 bits per heavy atom. The number of alkyl halides is 3. The van der Waals surface area contributed by atoms with Gasteiger partial charge >= 0.3 is 17.8 Å². The topological polar surface area (TPSA) is 139 Å². The first kappa shape index (κ1) is 25.8. The molecule has 2 aromatic rings. The molecule has 0 aliphatic heterocycles. The zero-order valence-corrected chi connectivity index (χ0v) is 18.5. The molecule has 180 valence electrons. The normalized spacial score (nSPS) is 13.5. The van der Waals surface area contributed by atoms with Gasteiger partial charge < -0.3 is 15.4 Å². The second-order valence-electron chi connectivity index (χ2n) is 6.59. The Morgan fingerprint density at radius 3 is 2.18 bits per heavy atom. The van der Waals surface area contributed by atoms with Crippen LogP contribution in [0.2, 0.25) is 0 Å². The Labute approximate surface area is 188 Å². The second kappa shape index (κ2) is 10.5. The molecule has 0 aliphatic carbocycles. The minimum atomic E-state index is -5.29. The van der Waals surface area contributed by atoms with E-state index in [9.17, 15) is 31.2 Å². The quantitative estimate of drug-likeness (QED) is 0.342. The van der Waals surface area contributed by atoms with E-state index < -0.39 is 33.7 Å². The largest absolute Gasteiger partial charge is 0.463 e. The fraction of sp³-hybridized carbons (Fsp3) is 0.368. The summed E-state index contributed by atoms with van der Waals surface area (Å²) in [6, 6.07) is 5.51. The molecule has 10 nitrogen and oxygen atoms in total. The molecule has 0 radical (unpaired) electrons. The Morgan fingerprint density at radius 2 is 1.67 bits per heavy atom. The van der Waals surface area contributed by atoms with Gasteiger partial charge in [-0.05, 0) is 43.7 Å². The number of halogens is 3. The molecule has 1 aromatic carbocycles. The molecule has 14 heteroatoms. The van der Waals surface area contributed by atoms with Gasteiger partial charge in [0, 0.05) is 24.5 Å². The van der Waals surface area contributed by atoms with Crippen molar-refractivity contribution < 1.29 is 35.9 Å². The van der Waals surface area contributed by atoms with Gasteiger partial charge in [0.1, 0.15) is 0 Å². The van der Waals surface area contributed by atoms with Crippen LogP contribution in [0.4, 0.5) is 24.8 Å². The van der Waals surface area contributed by atoms with Gasteiger partial charge in [0.2, 0.25) is 11.9 Å². The number of hydrogen-bond acceptors (Lipinski definition) is 8. The number of aromatic nitrogens is 2. The fourth-order valence-corrected chi connectivity index (χ4v) is 3.55. The van der Waals surface area contributed by atoms with E-state index in [4.69, 9.17) is 0 Å². The van der Waals surface area contributed by atoms with E-state index in [0.29, 0.717) is 0 Å². The molecule has 1 heterocycles. The number of sulfonamides is 1. The highest BCUT2D eigenvalue weighted by Gasteiger charge is 2.63. The number of anilines is 2. The molecule has 0 saturated heterocycles. The van der Waals surface area contributed by atoms with Crippen LogP contribution in [0.5, 0.6) is 0 Å². The van der Waals surface area contributed by atoms with Gasteiger partial charge in [0.25, 0.3) is 10.0 Å². The highest BCUT2D eigenvalue weighted by atomic mass is 32.2. The van der Waals surface area contributed by atoms with Crippen LogP contribution in [0.25, 0.3) is 0 Å². The number of carbonyl (C=O) groups is 2. The van der Waals surface area contributed by atoms with E-state index >= 15 is 0 Å². The van der Waals surface area contributed by atoms with Gasteiger partial charge in [-0.2, -0.15) is 13.2 Å². The van der Waals surface area contributed by atoms with E-state index in [1.807, 2.05) is 5.32 Å². The molecule has 0 bridgehead atoms. The monoisotopic (exact) mass is 489 g/mol. The zero-order valence-electron chi connectivity index (χ0n) is 17.6. The third-order valence-electron chi connectivity index (χ3n) is 4.10. The Kier molecular flexibility index (Phi) is 8.19. The van der Waals surface area contributed by atoms with Crippen LogP contribution < -0.4 is 15.4 Å². The lowest BCUT2D eigenvalue weighted by Crippen LogP contribution is -2.69. The summed E-state index contributed by atoms with van der Waals surface area (Å²) in [4.78, 5) is 31.5. The maximum absolute atomic E-state index is 14.0. The molecular weight excluding hydrogens is 467 g/mol. The van der Waals surface area contributed by atoms with E-state index in [1.54, 1.807) is 12.2 Å². The number of carbonyl (C=O) groups excluding carboxylic acids is 2. The standard InChI is InChI=1S/C19H22F3N5O5S/c1-3-6-15(28)26-18(19(20,21)22,16(29)32-4-2)25-13-7-9-14(10-8-13)33(30,31)27-17-23-11-5-12-24-17/h5,7-12,25H,3-4,6H2,1-2H3,(H,26,28)(H,23,24,27)/t18-/m1/s1. The number of ether oxygens (including phenoxy) is 1. The third-order valence-corrected chi connectivity index (χ3v) is 5.44. The second-order valence-corrected chi connectivity index (χ2v) is 8.28. The summed E-state index contributed by atoms with van der Waals surface area (Å²) in [5, 5.41) is 3.65. The molecule has 0 saturated carbocycles. The minimum absolute atomic E-state index is 0.197. The maximum atomic E-state index is 14.0. The Balaban J connectivity index is 2.37.